The quantitative estimate of drug-likeness (QED) is 0.666. The maximum absolute atomic E-state index is 11.7. The van der Waals surface area contributed by atoms with E-state index in [1.165, 1.54) is 11.3 Å². The summed E-state index contributed by atoms with van der Waals surface area (Å²) in [5.41, 5.74) is 0. The van der Waals surface area contributed by atoms with E-state index in [9.17, 15) is 4.79 Å². The minimum absolute atomic E-state index is 0.173. The minimum Gasteiger partial charge on any atom is -0.382 e. The third-order valence-electron chi connectivity index (χ3n) is 2.10. The summed E-state index contributed by atoms with van der Waals surface area (Å²) < 4.78 is 5.18. The van der Waals surface area contributed by atoms with Crippen LogP contribution in [-0.2, 0) is 4.74 Å². The number of nitrogens with one attached hydrogen (secondary N) is 2. The first-order chi connectivity index (χ1) is 8.77. The Kier molecular flexibility index (Phi) is 7.28. The zero-order valence-electron chi connectivity index (χ0n) is 10.9. The highest BCUT2D eigenvalue weighted by molar-refractivity contribution is 7.17. The van der Waals surface area contributed by atoms with Crippen LogP contribution < -0.4 is 10.6 Å². The summed E-state index contributed by atoms with van der Waals surface area (Å²) in [7, 11) is 0. The number of anilines is 1. The number of nitrogens with zero attached hydrogens (tertiary/aromatic N) is 2. The SMILES string of the molecule is CCCNc1nnc(C(=O)NCCCOCC)s1. The number of ether oxygens (including phenoxy) is 1. The fraction of sp³-hybridized carbons (Fsp3) is 0.727. The lowest BCUT2D eigenvalue weighted by atomic mass is 10.4. The smallest absolute Gasteiger partial charge is 0.282 e. The van der Waals surface area contributed by atoms with Crippen molar-refractivity contribution in [1.29, 1.82) is 0 Å². The van der Waals surface area contributed by atoms with Gasteiger partial charge < -0.3 is 15.4 Å². The van der Waals surface area contributed by atoms with Gasteiger partial charge in [0.15, 0.2) is 0 Å². The van der Waals surface area contributed by atoms with Gasteiger partial charge in [-0.15, -0.1) is 10.2 Å². The van der Waals surface area contributed by atoms with Crippen LogP contribution in [0.1, 0.15) is 36.5 Å². The first-order valence-corrected chi connectivity index (χ1v) is 7.02. The molecule has 0 saturated carbocycles. The fourth-order valence-corrected chi connectivity index (χ4v) is 1.90. The molecule has 0 fully saturated rings. The average molecular weight is 272 g/mol. The van der Waals surface area contributed by atoms with Crippen molar-refractivity contribution in [3.63, 3.8) is 0 Å². The third-order valence-corrected chi connectivity index (χ3v) is 2.98. The second-order valence-electron chi connectivity index (χ2n) is 3.65. The van der Waals surface area contributed by atoms with Crippen molar-refractivity contribution in [1.82, 2.24) is 15.5 Å². The molecule has 0 atom stereocenters. The first-order valence-electron chi connectivity index (χ1n) is 6.21. The molecule has 0 radical (unpaired) electrons. The van der Waals surface area contributed by atoms with Crippen LogP contribution in [0.5, 0.6) is 0 Å². The lowest BCUT2D eigenvalue weighted by Crippen LogP contribution is -2.25. The topological polar surface area (TPSA) is 76.1 Å². The zero-order chi connectivity index (χ0) is 13.2. The molecule has 1 aromatic heterocycles. The van der Waals surface area contributed by atoms with E-state index in [0.717, 1.165) is 19.4 Å². The molecule has 0 saturated heterocycles. The van der Waals surface area contributed by atoms with E-state index < -0.39 is 0 Å². The summed E-state index contributed by atoms with van der Waals surface area (Å²) in [5, 5.41) is 14.7. The molecular weight excluding hydrogens is 252 g/mol. The number of carbonyl (C=O) groups excluding carboxylic acids is 1. The molecular formula is C11H20N4O2S. The molecule has 1 heterocycles. The van der Waals surface area contributed by atoms with Crippen molar-refractivity contribution < 1.29 is 9.53 Å². The highest BCUT2D eigenvalue weighted by atomic mass is 32.1. The summed E-state index contributed by atoms with van der Waals surface area (Å²) in [5.74, 6) is -0.173. The highest BCUT2D eigenvalue weighted by Gasteiger charge is 2.11. The van der Waals surface area contributed by atoms with Crippen molar-refractivity contribution in [3.05, 3.63) is 5.01 Å². The van der Waals surface area contributed by atoms with Crippen molar-refractivity contribution in [2.45, 2.75) is 26.7 Å². The molecule has 0 spiro atoms. The van der Waals surface area contributed by atoms with Crippen molar-refractivity contribution in [2.75, 3.05) is 31.6 Å². The number of hydrogen-bond acceptors (Lipinski definition) is 6. The normalized spacial score (nSPS) is 10.3. The monoisotopic (exact) mass is 272 g/mol. The maximum atomic E-state index is 11.7. The molecule has 1 rings (SSSR count). The number of aromatic nitrogens is 2. The second-order valence-corrected chi connectivity index (χ2v) is 4.62. The van der Waals surface area contributed by atoms with E-state index in [1.807, 2.05) is 6.92 Å². The lowest BCUT2D eigenvalue weighted by molar-refractivity contribution is 0.0943. The Bertz CT molecular complexity index is 357. The van der Waals surface area contributed by atoms with Crippen LogP contribution in [0.3, 0.4) is 0 Å². The van der Waals surface area contributed by atoms with Crippen LogP contribution in [0.15, 0.2) is 0 Å². The van der Waals surface area contributed by atoms with Crippen molar-refractivity contribution >= 4 is 22.4 Å². The summed E-state index contributed by atoms with van der Waals surface area (Å²) in [6.07, 6.45) is 1.82. The molecule has 1 aromatic rings. The standard InChI is InChI=1S/C11H20N4O2S/c1-3-6-13-11-15-14-10(18-11)9(16)12-7-5-8-17-4-2/h3-8H2,1-2H3,(H,12,16)(H,13,15). The van der Waals surface area contributed by atoms with E-state index in [-0.39, 0.29) is 5.91 Å². The van der Waals surface area contributed by atoms with Crippen molar-refractivity contribution in [3.8, 4) is 0 Å². The summed E-state index contributed by atoms with van der Waals surface area (Å²) in [6, 6.07) is 0. The van der Waals surface area contributed by atoms with Gasteiger partial charge in [0.2, 0.25) is 10.1 Å². The van der Waals surface area contributed by atoms with E-state index in [0.29, 0.717) is 29.9 Å². The molecule has 0 bridgehead atoms. The summed E-state index contributed by atoms with van der Waals surface area (Å²) in [6.45, 7) is 6.82. The first kappa shape index (κ1) is 14.8. The fourth-order valence-electron chi connectivity index (χ4n) is 1.21. The second kappa shape index (κ2) is 8.82. The Balaban J connectivity index is 2.26. The molecule has 0 aliphatic heterocycles. The van der Waals surface area contributed by atoms with Gasteiger partial charge in [0.05, 0.1) is 0 Å². The van der Waals surface area contributed by atoms with Gasteiger partial charge >= 0.3 is 0 Å². The van der Waals surface area contributed by atoms with Crippen LogP contribution >= 0.6 is 11.3 Å². The molecule has 1 amide bonds. The van der Waals surface area contributed by atoms with Crippen LogP contribution in [0.2, 0.25) is 0 Å². The number of hydrogen-bond donors (Lipinski definition) is 2. The third kappa shape index (κ3) is 5.42. The maximum Gasteiger partial charge on any atom is 0.282 e. The average Bonchev–Trinajstić information content (AvgIpc) is 2.84. The van der Waals surface area contributed by atoms with Gasteiger partial charge in [-0.1, -0.05) is 18.3 Å². The van der Waals surface area contributed by atoms with E-state index in [2.05, 4.69) is 27.8 Å². The Morgan fingerprint density at radius 2 is 2.17 bits per heavy atom. The van der Waals surface area contributed by atoms with Gasteiger partial charge in [-0.05, 0) is 19.8 Å². The van der Waals surface area contributed by atoms with Crippen LogP contribution in [-0.4, -0.2) is 42.4 Å². The predicted molar refractivity (Wildman–Crippen MR) is 72.1 cm³/mol. The lowest BCUT2D eigenvalue weighted by Gasteiger charge is -2.02. The Labute approximate surface area is 111 Å². The Morgan fingerprint density at radius 3 is 2.89 bits per heavy atom. The van der Waals surface area contributed by atoms with Gasteiger partial charge in [-0.2, -0.15) is 0 Å². The molecule has 7 heteroatoms. The summed E-state index contributed by atoms with van der Waals surface area (Å²) >= 11 is 1.27. The van der Waals surface area contributed by atoms with Crippen molar-refractivity contribution in [2.24, 2.45) is 0 Å². The number of carbonyl (C=O) groups is 1. The van der Waals surface area contributed by atoms with Gasteiger partial charge in [-0.25, -0.2) is 0 Å². The molecule has 102 valence electrons. The largest absolute Gasteiger partial charge is 0.382 e. The molecule has 18 heavy (non-hydrogen) atoms. The molecule has 0 aliphatic rings. The zero-order valence-corrected chi connectivity index (χ0v) is 11.7. The highest BCUT2D eigenvalue weighted by Crippen LogP contribution is 2.14. The van der Waals surface area contributed by atoms with Crippen LogP contribution in [0.25, 0.3) is 0 Å². The summed E-state index contributed by atoms with van der Waals surface area (Å²) in [4.78, 5) is 11.7. The van der Waals surface area contributed by atoms with Crippen LogP contribution in [0.4, 0.5) is 5.13 Å². The molecule has 2 N–H and O–H groups in total. The molecule has 0 aromatic carbocycles. The van der Waals surface area contributed by atoms with Crippen LogP contribution in [0, 0.1) is 0 Å². The van der Waals surface area contributed by atoms with Gasteiger partial charge in [0, 0.05) is 26.3 Å². The Morgan fingerprint density at radius 1 is 1.33 bits per heavy atom. The predicted octanol–water partition coefficient (Wildman–Crippen LogP) is 1.52. The Hall–Kier alpha value is -1.21. The van der Waals surface area contributed by atoms with Gasteiger partial charge in [0.25, 0.3) is 5.91 Å². The van der Waals surface area contributed by atoms with Gasteiger partial charge in [-0.3, -0.25) is 4.79 Å². The molecule has 0 unspecified atom stereocenters. The molecule has 6 nitrogen and oxygen atoms in total. The minimum atomic E-state index is -0.173. The van der Waals surface area contributed by atoms with Gasteiger partial charge in [0.1, 0.15) is 0 Å². The molecule has 0 aliphatic carbocycles. The number of rotatable bonds is 9. The number of amides is 1. The van der Waals surface area contributed by atoms with E-state index >= 15 is 0 Å². The van der Waals surface area contributed by atoms with E-state index in [1.54, 1.807) is 0 Å². The van der Waals surface area contributed by atoms with E-state index in [4.69, 9.17) is 4.74 Å².